The number of nitrogens with zero attached hydrogens (tertiary/aromatic N) is 2. The Kier molecular flexibility index (Phi) is 8.62. The highest BCUT2D eigenvalue weighted by Gasteiger charge is 2.04. The van der Waals surface area contributed by atoms with Gasteiger partial charge in [0.15, 0.2) is 5.96 Å². The molecule has 2 rings (SSSR count). The highest BCUT2D eigenvalue weighted by Crippen LogP contribution is 2.13. The van der Waals surface area contributed by atoms with Gasteiger partial charge in [-0.25, -0.2) is 4.98 Å². The van der Waals surface area contributed by atoms with Crippen molar-refractivity contribution in [2.24, 2.45) is 4.99 Å². The second-order valence-electron chi connectivity index (χ2n) is 5.63. The van der Waals surface area contributed by atoms with Crippen LogP contribution in [0.5, 0.6) is 0 Å². The van der Waals surface area contributed by atoms with Gasteiger partial charge in [0.2, 0.25) is 0 Å². The fraction of sp³-hybridized carbons (Fsp3) is 0.421. The fourth-order valence-corrected chi connectivity index (χ4v) is 3.13. The lowest BCUT2D eigenvalue weighted by Gasteiger charge is -2.11. The molecule has 3 N–H and O–H groups in total. The van der Waals surface area contributed by atoms with Gasteiger partial charge in [-0.2, -0.15) is 0 Å². The topological polar surface area (TPSA) is 78.4 Å². The lowest BCUT2D eigenvalue weighted by atomic mass is 10.2. The smallest absolute Gasteiger partial charge is 0.251 e. The van der Waals surface area contributed by atoms with E-state index in [1.54, 1.807) is 23.5 Å². The maximum atomic E-state index is 12.0. The van der Waals surface area contributed by atoms with E-state index in [0.29, 0.717) is 25.2 Å². The van der Waals surface area contributed by atoms with Crippen LogP contribution in [0, 0.1) is 0 Å². The number of rotatable bonds is 9. The van der Waals surface area contributed by atoms with Crippen molar-refractivity contribution < 1.29 is 4.79 Å². The maximum Gasteiger partial charge on any atom is 0.251 e. The standard InChI is InChI=1S/C19H27N5OS/c1-3-16-14-24-17(26-16)10-11-22-19(20-4-2)23-13-12-21-18(25)15-8-6-5-7-9-15/h5-9,14H,3-4,10-13H2,1-2H3,(H,21,25)(H2,20,22,23). The van der Waals surface area contributed by atoms with Crippen LogP contribution in [0.1, 0.15) is 34.1 Å². The molecule has 0 aliphatic carbocycles. The van der Waals surface area contributed by atoms with Crippen molar-refractivity contribution in [1.82, 2.24) is 20.9 Å². The Bertz CT molecular complexity index is 699. The molecular formula is C19H27N5OS. The predicted molar refractivity (Wildman–Crippen MR) is 108 cm³/mol. The van der Waals surface area contributed by atoms with Crippen molar-refractivity contribution >= 4 is 23.2 Å². The van der Waals surface area contributed by atoms with Crippen LogP contribution in [-0.2, 0) is 12.8 Å². The molecule has 0 radical (unpaired) electrons. The van der Waals surface area contributed by atoms with Crippen LogP contribution in [-0.4, -0.2) is 43.0 Å². The Labute approximate surface area is 159 Å². The van der Waals surface area contributed by atoms with Crippen molar-refractivity contribution in [3.63, 3.8) is 0 Å². The van der Waals surface area contributed by atoms with Gasteiger partial charge in [0.25, 0.3) is 5.91 Å². The number of aryl methyl sites for hydroxylation is 1. The number of guanidine groups is 1. The minimum Gasteiger partial charge on any atom is -0.357 e. The van der Waals surface area contributed by atoms with Crippen molar-refractivity contribution in [1.29, 1.82) is 0 Å². The van der Waals surface area contributed by atoms with Gasteiger partial charge in [-0.1, -0.05) is 25.1 Å². The summed E-state index contributed by atoms with van der Waals surface area (Å²) in [6.45, 7) is 6.79. The van der Waals surface area contributed by atoms with Crippen molar-refractivity contribution in [2.75, 3.05) is 26.2 Å². The molecule has 7 heteroatoms. The molecular weight excluding hydrogens is 346 g/mol. The Morgan fingerprint density at radius 3 is 2.58 bits per heavy atom. The van der Waals surface area contributed by atoms with Crippen LogP contribution >= 0.6 is 11.3 Å². The van der Waals surface area contributed by atoms with Gasteiger partial charge >= 0.3 is 0 Å². The molecule has 1 aromatic heterocycles. The lowest BCUT2D eigenvalue weighted by molar-refractivity contribution is 0.0954. The number of hydrogen-bond acceptors (Lipinski definition) is 4. The highest BCUT2D eigenvalue weighted by molar-refractivity contribution is 7.11. The molecule has 1 heterocycles. The number of aromatic nitrogens is 1. The fourth-order valence-electron chi connectivity index (χ4n) is 2.28. The molecule has 0 aliphatic rings. The molecule has 0 bridgehead atoms. The first-order chi connectivity index (χ1) is 12.7. The quantitative estimate of drug-likeness (QED) is 0.358. The summed E-state index contributed by atoms with van der Waals surface area (Å²) in [5.41, 5.74) is 0.669. The third-order valence-electron chi connectivity index (χ3n) is 3.63. The molecule has 0 atom stereocenters. The summed E-state index contributed by atoms with van der Waals surface area (Å²) >= 11 is 1.75. The molecule has 0 saturated heterocycles. The Balaban J connectivity index is 1.72. The van der Waals surface area contributed by atoms with E-state index in [2.05, 4.69) is 32.9 Å². The van der Waals surface area contributed by atoms with Gasteiger partial charge in [0.05, 0.1) is 5.01 Å². The molecule has 2 aromatic rings. The zero-order chi connectivity index (χ0) is 18.6. The minimum absolute atomic E-state index is 0.0650. The molecule has 26 heavy (non-hydrogen) atoms. The van der Waals surface area contributed by atoms with E-state index in [9.17, 15) is 4.79 Å². The highest BCUT2D eigenvalue weighted by atomic mass is 32.1. The van der Waals surface area contributed by atoms with E-state index in [1.807, 2.05) is 31.3 Å². The number of hydrogen-bond donors (Lipinski definition) is 3. The number of benzene rings is 1. The van der Waals surface area contributed by atoms with Crippen molar-refractivity contribution in [2.45, 2.75) is 26.7 Å². The Morgan fingerprint density at radius 2 is 1.88 bits per heavy atom. The van der Waals surface area contributed by atoms with Crippen LogP contribution in [0.25, 0.3) is 0 Å². The number of aliphatic imine (C=N–C) groups is 1. The summed E-state index contributed by atoms with van der Waals surface area (Å²) in [5, 5.41) is 10.5. The third-order valence-corrected chi connectivity index (χ3v) is 4.83. The second kappa shape index (κ2) is 11.3. The molecule has 1 amide bonds. The molecule has 140 valence electrons. The summed E-state index contributed by atoms with van der Waals surface area (Å²) in [5.74, 6) is 0.693. The van der Waals surface area contributed by atoms with Crippen LogP contribution in [0.4, 0.5) is 0 Å². The van der Waals surface area contributed by atoms with Crippen LogP contribution < -0.4 is 16.0 Å². The largest absolute Gasteiger partial charge is 0.357 e. The van der Waals surface area contributed by atoms with Gasteiger partial charge in [-0.15, -0.1) is 11.3 Å². The zero-order valence-corrected chi connectivity index (χ0v) is 16.2. The zero-order valence-electron chi connectivity index (χ0n) is 15.4. The lowest BCUT2D eigenvalue weighted by Crippen LogP contribution is -2.41. The first-order valence-corrected chi connectivity index (χ1v) is 9.83. The molecule has 0 spiro atoms. The molecule has 1 aromatic carbocycles. The van der Waals surface area contributed by atoms with Crippen LogP contribution in [0.3, 0.4) is 0 Å². The summed E-state index contributed by atoms with van der Waals surface area (Å²) in [7, 11) is 0. The molecule has 0 fully saturated rings. The molecule has 0 aliphatic heterocycles. The van der Waals surface area contributed by atoms with Crippen LogP contribution in [0.2, 0.25) is 0 Å². The number of carbonyl (C=O) groups is 1. The third kappa shape index (κ3) is 6.84. The minimum atomic E-state index is -0.0650. The van der Waals surface area contributed by atoms with Crippen molar-refractivity contribution in [3.8, 4) is 0 Å². The van der Waals surface area contributed by atoms with Gasteiger partial charge in [-0.05, 0) is 25.5 Å². The number of thiazole rings is 1. The average Bonchev–Trinajstić information content (AvgIpc) is 3.13. The predicted octanol–water partition coefficient (Wildman–Crippen LogP) is 2.23. The Hall–Kier alpha value is -2.41. The normalized spacial score (nSPS) is 11.2. The molecule has 0 unspecified atom stereocenters. The summed E-state index contributed by atoms with van der Waals surface area (Å²) < 4.78 is 0. The number of nitrogens with one attached hydrogen (secondary N) is 3. The van der Waals surface area contributed by atoms with Crippen LogP contribution in [0.15, 0.2) is 41.5 Å². The van der Waals surface area contributed by atoms with Gasteiger partial charge in [0, 0.05) is 49.2 Å². The number of amides is 1. The van der Waals surface area contributed by atoms with E-state index in [1.165, 1.54) is 4.88 Å². The van der Waals surface area contributed by atoms with Gasteiger partial charge in [0.1, 0.15) is 0 Å². The number of carbonyl (C=O) groups excluding carboxylic acids is 1. The maximum absolute atomic E-state index is 12.0. The van der Waals surface area contributed by atoms with E-state index in [4.69, 9.17) is 0 Å². The summed E-state index contributed by atoms with van der Waals surface area (Å²) in [6.07, 6.45) is 3.81. The van der Waals surface area contributed by atoms with E-state index in [0.717, 1.165) is 30.4 Å². The first kappa shape index (κ1) is 19.9. The second-order valence-corrected chi connectivity index (χ2v) is 6.83. The molecule has 0 saturated carbocycles. The van der Waals surface area contributed by atoms with Crippen molar-refractivity contribution in [3.05, 3.63) is 52.0 Å². The van der Waals surface area contributed by atoms with E-state index < -0.39 is 0 Å². The monoisotopic (exact) mass is 373 g/mol. The average molecular weight is 374 g/mol. The van der Waals surface area contributed by atoms with Gasteiger partial charge in [-0.3, -0.25) is 9.79 Å². The Morgan fingerprint density at radius 1 is 1.12 bits per heavy atom. The first-order valence-electron chi connectivity index (χ1n) is 9.02. The summed E-state index contributed by atoms with van der Waals surface area (Å²) in [4.78, 5) is 22.3. The van der Waals surface area contributed by atoms with Gasteiger partial charge < -0.3 is 16.0 Å². The summed E-state index contributed by atoms with van der Waals surface area (Å²) in [6, 6.07) is 9.21. The SMILES string of the molecule is CCNC(=NCCc1ncc(CC)s1)NCCNC(=O)c1ccccc1. The van der Waals surface area contributed by atoms with E-state index in [-0.39, 0.29) is 5.91 Å². The van der Waals surface area contributed by atoms with E-state index >= 15 is 0 Å². The molecule has 6 nitrogen and oxygen atoms in total.